The van der Waals surface area contributed by atoms with E-state index in [1.54, 1.807) is 6.42 Å². The zero-order chi connectivity index (χ0) is 14.3. The summed E-state index contributed by atoms with van der Waals surface area (Å²) in [7, 11) is 0. The summed E-state index contributed by atoms with van der Waals surface area (Å²) in [5, 5.41) is 0. The first-order chi connectivity index (χ1) is 8.85. The van der Waals surface area contributed by atoms with Gasteiger partial charge in [-0.3, -0.25) is 0 Å². The number of hydrogen-bond acceptors (Lipinski definition) is 0. The Morgan fingerprint density at radius 1 is 1.00 bits per heavy atom. The molecule has 19 heavy (non-hydrogen) atoms. The molecule has 0 aliphatic heterocycles. The van der Waals surface area contributed by atoms with E-state index in [0.717, 1.165) is 23.7 Å². The van der Waals surface area contributed by atoms with Crippen molar-refractivity contribution in [2.75, 3.05) is 0 Å². The molecule has 5 unspecified atom stereocenters. The van der Waals surface area contributed by atoms with Crippen molar-refractivity contribution in [3.63, 3.8) is 0 Å². The lowest BCUT2D eigenvalue weighted by molar-refractivity contribution is 0.210. The van der Waals surface area contributed by atoms with Crippen molar-refractivity contribution in [3.05, 3.63) is 0 Å². The molecule has 2 rings (SSSR count). The first-order valence-electron chi connectivity index (χ1n) is 8.85. The Kier molecular flexibility index (Phi) is 4.38. The summed E-state index contributed by atoms with van der Waals surface area (Å²) in [6, 6.07) is 0. The van der Waals surface area contributed by atoms with Gasteiger partial charge < -0.3 is 0 Å². The van der Waals surface area contributed by atoms with E-state index in [4.69, 9.17) is 0 Å². The first-order valence-corrected chi connectivity index (χ1v) is 8.85. The van der Waals surface area contributed by atoms with Gasteiger partial charge in [0, 0.05) is 0 Å². The molecule has 0 spiro atoms. The van der Waals surface area contributed by atoms with Gasteiger partial charge in [-0.25, -0.2) is 0 Å². The van der Waals surface area contributed by atoms with Crippen LogP contribution in [0, 0.1) is 34.5 Å². The molecule has 2 aliphatic carbocycles. The molecule has 0 nitrogen and oxygen atoms in total. The Bertz CT molecular complexity index is 305. The molecule has 0 aromatic carbocycles. The van der Waals surface area contributed by atoms with Crippen molar-refractivity contribution in [3.8, 4) is 0 Å². The van der Waals surface area contributed by atoms with Gasteiger partial charge in [-0.05, 0) is 47.3 Å². The SMILES string of the molecule is CCCC1CC1CCCC(C)C1(C)CC1(C)C(C)C. The third-order valence-electron chi connectivity index (χ3n) is 7.22. The molecular formula is C19H36. The topological polar surface area (TPSA) is 0 Å². The van der Waals surface area contributed by atoms with E-state index >= 15 is 0 Å². The molecule has 0 N–H and O–H groups in total. The second-order valence-electron chi connectivity index (χ2n) is 8.54. The van der Waals surface area contributed by atoms with Crippen LogP contribution in [0.1, 0.15) is 86.5 Å². The first kappa shape index (κ1) is 15.4. The fourth-order valence-electron chi connectivity index (χ4n) is 4.71. The summed E-state index contributed by atoms with van der Waals surface area (Å²) < 4.78 is 0. The smallest absolute Gasteiger partial charge is 0.0238 e. The van der Waals surface area contributed by atoms with Gasteiger partial charge in [-0.15, -0.1) is 0 Å². The van der Waals surface area contributed by atoms with Crippen LogP contribution in [0.25, 0.3) is 0 Å². The lowest BCUT2D eigenvalue weighted by Gasteiger charge is -2.28. The molecule has 0 heterocycles. The van der Waals surface area contributed by atoms with E-state index in [-0.39, 0.29) is 0 Å². The monoisotopic (exact) mass is 264 g/mol. The van der Waals surface area contributed by atoms with Gasteiger partial charge in [0.1, 0.15) is 0 Å². The zero-order valence-corrected chi connectivity index (χ0v) is 14.3. The van der Waals surface area contributed by atoms with E-state index in [1.165, 1.54) is 38.5 Å². The summed E-state index contributed by atoms with van der Waals surface area (Å²) in [5.41, 5.74) is 1.25. The third-order valence-corrected chi connectivity index (χ3v) is 7.22. The summed E-state index contributed by atoms with van der Waals surface area (Å²) in [5.74, 6) is 3.98. The van der Waals surface area contributed by atoms with E-state index in [1.807, 2.05) is 0 Å². The Hall–Kier alpha value is 0. The van der Waals surface area contributed by atoms with Crippen LogP contribution in [0.3, 0.4) is 0 Å². The Morgan fingerprint density at radius 2 is 1.63 bits per heavy atom. The van der Waals surface area contributed by atoms with Crippen LogP contribution in [0.2, 0.25) is 0 Å². The van der Waals surface area contributed by atoms with Crippen LogP contribution >= 0.6 is 0 Å². The highest BCUT2D eigenvalue weighted by Gasteiger charge is 2.63. The molecule has 0 heteroatoms. The van der Waals surface area contributed by atoms with Gasteiger partial charge in [0.2, 0.25) is 0 Å². The maximum atomic E-state index is 2.55. The predicted molar refractivity (Wildman–Crippen MR) is 85.2 cm³/mol. The molecule has 112 valence electrons. The Balaban J connectivity index is 1.67. The summed E-state index contributed by atoms with van der Waals surface area (Å²) in [4.78, 5) is 0. The average Bonchev–Trinajstić information content (AvgIpc) is 3.19. The van der Waals surface area contributed by atoms with E-state index in [9.17, 15) is 0 Å². The van der Waals surface area contributed by atoms with Gasteiger partial charge >= 0.3 is 0 Å². The van der Waals surface area contributed by atoms with Crippen LogP contribution in [-0.4, -0.2) is 0 Å². The van der Waals surface area contributed by atoms with Crippen LogP contribution in [0.15, 0.2) is 0 Å². The fraction of sp³-hybridized carbons (Fsp3) is 1.00. The van der Waals surface area contributed by atoms with Gasteiger partial charge in [0.25, 0.3) is 0 Å². The van der Waals surface area contributed by atoms with E-state index < -0.39 is 0 Å². The second-order valence-corrected chi connectivity index (χ2v) is 8.54. The molecule has 0 aromatic rings. The minimum absolute atomic E-state index is 0.622. The molecule has 0 radical (unpaired) electrons. The largest absolute Gasteiger partial charge is 0.0654 e. The number of hydrogen-bond donors (Lipinski definition) is 0. The molecule has 0 bridgehead atoms. The van der Waals surface area contributed by atoms with Crippen molar-refractivity contribution >= 4 is 0 Å². The summed E-state index contributed by atoms with van der Waals surface area (Å²) in [6.07, 6.45) is 10.4. The number of rotatable bonds is 8. The lowest BCUT2D eigenvalue weighted by Crippen LogP contribution is -2.20. The predicted octanol–water partition coefficient (Wildman–Crippen LogP) is 6.30. The van der Waals surface area contributed by atoms with Crippen molar-refractivity contribution in [2.24, 2.45) is 34.5 Å². The molecule has 2 fully saturated rings. The lowest BCUT2D eigenvalue weighted by atomic mass is 9.77. The summed E-state index contributed by atoms with van der Waals surface area (Å²) >= 11 is 0. The molecule has 5 atom stereocenters. The molecule has 0 saturated heterocycles. The molecular weight excluding hydrogens is 228 g/mol. The van der Waals surface area contributed by atoms with Crippen LogP contribution in [0.5, 0.6) is 0 Å². The fourth-order valence-corrected chi connectivity index (χ4v) is 4.71. The van der Waals surface area contributed by atoms with Gasteiger partial charge in [0.05, 0.1) is 0 Å². The van der Waals surface area contributed by atoms with Crippen molar-refractivity contribution in [1.29, 1.82) is 0 Å². The zero-order valence-electron chi connectivity index (χ0n) is 14.3. The van der Waals surface area contributed by atoms with Crippen molar-refractivity contribution < 1.29 is 0 Å². The Morgan fingerprint density at radius 3 is 2.16 bits per heavy atom. The highest BCUT2D eigenvalue weighted by Crippen LogP contribution is 2.71. The van der Waals surface area contributed by atoms with Gasteiger partial charge in [-0.2, -0.15) is 0 Å². The average molecular weight is 264 g/mol. The normalized spacial score (nSPS) is 42.5. The highest BCUT2D eigenvalue weighted by molar-refractivity contribution is 5.12. The van der Waals surface area contributed by atoms with Crippen LogP contribution < -0.4 is 0 Å². The van der Waals surface area contributed by atoms with E-state index in [2.05, 4.69) is 41.5 Å². The van der Waals surface area contributed by atoms with Crippen molar-refractivity contribution in [2.45, 2.75) is 86.5 Å². The highest BCUT2D eigenvalue weighted by atomic mass is 14.7. The maximum absolute atomic E-state index is 2.55. The Labute approximate surface area is 121 Å². The molecule has 0 amide bonds. The van der Waals surface area contributed by atoms with Crippen molar-refractivity contribution in [1.82, 2.24) is 0 Å². The third kappa shape index (κ3) is 2.88. The van der Waals surface area contributed by atoms with E-state index in [0.29, 0.717) is 10.8 Å². The quantitative estimate of drug-likeness (QED) is 0.482. The standard InChI is InChI=1S/C19H36/c1-7-9-16-12-17(16)11-8-10-15(4)19(6)13-18(19,5)14(2)3/h14-17H,7-13H2,1-6H3. The molecule has 2 saturated carbocycles. The van der Waals surface area contributed by atoms with Gasteiger partial charge in [-0.1, -0.05) is 73.6 Å². The van der Waals surface area contributed by atoms with Gasteiger partial charge in [0.15, 0.2) is 0 Å². The van der Waals surface area contributed by atoms with Crippen LogP contribution in [-0.2, 0) is 0 Å². The molecule has 0 aromatic heterocycles. The minimum Gasteiger partial charge on any atom is -0.0654 e. The second kappa shape index (κ2) is 5.41. The van der Waals surface area contributed by atoms with Crippen LogP contribution in [0.4, 0.5) is 0 Å². The maximum Gasteiger partial charge on any atom is -0.0238 e. The minimum atomic E-state index is 0.622. The molecule has 2 aliphatic rings. The summed E-state index contributed by atoms with van der Waals surface area (Å²) in [6.45, 7) is 14.7.